The second-order valence-corrected chi connectivity index (χ2v) is 10.0. The molecule has 0 radical (unpaired) electrons. The molecule has 1 aromatic rings. The van der Waals surface area contributed by atoms with E-state index in [4.69, 9.17) is 4.74 Å². The number of ether oxygens (including phenoxy) is 1. The lowest BCUT2D eigenvalue weighted by Gasteiger charge is -2.39. The molecule has 0 aromatic heterocycles. The minimum absolute atomic E-state index is 0.0443. The number of benzene rings is 1. The van der Waals surface area contributed by atoms with Crippen molar-refractivity contribution >= 4 is 15.9 Å². The molecule has 1 amide bonds. The average Bonchev–Trinajstić information content (AvgIpc) is 2.58. The van der Waals surface area contributed by atoms with Gasteiger partial charge in [-0.15, -0.1) is 0 Å². The molecule has 1 aromatic carbocycles. The lowest BCUT2D eigenvalue weighted by molar-refractivity contribution is -0.0424. The molecule has 1 N–H and O–H groups in total. The molecule has 7 heteroatoms. The summed E-state index contributed by atoms with van der Waals surface area (Å²) in [5.74, 6) is -0.146. The summed E-state index contributed by atoms with van der Waals surface area (Å²) in [5, 5.41) is 2.94. The van der Waals surface area contributed by atoms with Gasteiger partial charge in [0.25, 0.3) is 5.91 Å². The van der Waals surface area contributed by atoms with Crippen molar-refractivity contribution in [1.82, 2.24) is 9.62 Å². The molecular weight excluding hydrogens is 352 g/mol. The Labute approximate surface area is 157 Å². The zero-order valence-electron chi connectivity index (χ0n) is 16.3. The molecule has 146 valence electrons. The predicted molar refractivity (Wildman–Crippen MR) is 103 cm³/mol. The minimum atomic E-state index is -3.18. The van der Waals surface area contributed by atoms with Gasteiger partial charge in [-0.3, -0.25) is 4.79 Å². The molecule has 0 saturated carbocycles. The normalized spacial score (nSPS) is 18.5. The van der Waals surface area contributed by atoms with Crippen molar-refractivity contribution < 1.29 is 17.9 Å². The predicted octanol–water partition coefficient (Wildman–Crippen LogP) is 2.15. The summed E-state index contributed by atoms with van der Waals surface area (Å²) in [4.78, 5) is 12.5. The van der Waals surface area contributed by atoms with E-state index in [1.807, 2.05) is 24.3 Å². The Morgan fingerprint density at radius 2 is 1.73 bits per heavy atom. The number of carbonyl (C=O) groups is 1. The number of sulfonamides is 1. The topological polar surface area (TPSA) is 75.7 Å². The fourth-order valence-electron chi connectivity index (χ4n) is 3.14. The van der Waals surface area contributed by atoms with Crippen LogP contribution >= 0.6 is 0 Å². The van der Waals surface area contributed by atoms with Gasteiger partial charge in [0.15, 0.2) is 0 Å². The second kappa shape index (κ2) is 7.66. The third-order valence-electron chi connectivity index (χ3n) is 5.12. The van der Waals surface area contributed by atoms with Crippen molar-refractivity contribution in [2.75, 3.05) is 33.0 Å². The van der Waals surface area contributed by atoms with E-state index in [0.29, 0.717) is 38.0 Å². The SMILES string of the molecule is COC1(CNC(=O)c2ccc(C(C)(C)C)cc2)CCN(S(C)(=O)=O)CC1. The molecule has 1 aliphatic heterocycles. The van der Waals surface area contributed by atoms with Gasteiger partial charge in [-0.1, -0.05) is 32.9 Å². The molecule has 0 atom stereocenters. The Morgan fingerprint density at radius 1 is 1.19 bits per heavy atom. The number of rotatable bonds is 5. The summed E-state index contributed by atoms with van der Waals surface area (Å²) < 4.78 is 30.4. The lowest BCUT2D eigenvalue weighted by Crippen LogP contribution is -2.53. The van der Waals surface area contributed by atoms with Crippen LogP contribution in [0.25, 0.3) is 0 Å². The molecule has 2 rings (SSSR count). The Bertz CT molecular complexity index is 728. The summed E-state index contributed by atoms with van der Waals surface area (Å²) in [6, 6.07) is 7.63. The lowest BCUT2D eigenvalue weighted by atomic mass is 9.86. The minimum Gasteiger partial charge on any atom is -0.376 e. The van der Waals surface area contributed by atoms with Crippen LogP contribution in [0.3, 0.4) is 0 Å². The molecule has 1 saturated heterocycles. The van der Waals surface area contributed by atoms with Crippen LogP contribution in [-0.2, 0) is 20.2 Å². The van der Waals surface area contributed by atoms with Gasteiger partial charge in [-0.05, 0) is 36.0 Å². The maximum Gasteiger partial charge on any atom is 0.251 e. The highest BCUT2D eigenvalue weighted by atomic mass is 32.2. The fraction of sp³-hybridized carbons (Fsp3) is 0.632. The first-order valence-electron chi connectivity index (χ1n) is 8.86. The molecule has 1 fully saturated rings. The van der Waals surface area contributed by atoms with Gasteiger partial charge in [0, 0.05) is 32.3 Å². The van der Waals surface area contributed by atoms with Crippen molar-refractivity contribution in [2.24, 2.45) is 0 Å². The van der Waals surface area contributed by atoms with Crippen molar-refractivity contribution in [3.8, 4) is 0 Å². The molecule has 0 unspecified atom stereocenters. The zero-order valence-corrected chi connectivity index (χ0v) is 17.1. The van der Waals surface area contributed by atoms with E-state index in [-0.39, 0.29) is 11.3 Å². The van der Waals surface area contributed by atoms with Crippen LogP contribution < -0.4 is 5.32 Å². The maximum absolute atomic E-state index is 12.5. The van der Waals surface area contributed by atoms with Gasteiger partial charge in [-0.25, -0.2) is 12.7 Å². The first-order valence-corrected chi connectivity index (χ1v) is 10.7. The summed E-state index contributed by atoms with van der Waals surface area (Å²) in [5.41, 5.74) is 1.30. The van der Waals surface area contributed by atoms with Crippen molar-refractivity contribution in [3.05, 3.63) is 35.4 Å². The number of hydrogen-bond donors (Lipinski definition) is 1. The van der Waals surface area contributed by atoms with Gasteiger partial charge in [0.05, 0.1) is 11.9 Å². The summed E-state index contributed by atoms with van der Waals surface area (Å²) in [6.45, 7) is 7.57. The highest BCUT2D eigenvalue weighted by molar-refractivity contribution is 7.88. The van der Waals surface area contributed by atoms with Gasteiger partial charge in [0.2, 0.25) is 10.0 Å². The Balaban J connectivity index is 1.97. The molecule has 0 spiro atoms. The third kappa shape index (κ3) is 5.05. The number of methoxy groups -OCH3 is 1. The molecule has 1 aliphatic rings. The zero-order chi connectivity index (χ0) is 19.6. The summed E-state index contributed by atoms with van der Waals surface area (Å²) >= 11 is 0. The second-order valence-electron chi connectivity index (χ2n) is 8.06. The first-order chi connectivity index (χ1) is 12.0. The number of carbonyl (C=O) groups excluding carboxylic acids is 1. The van der Waals surface area contributed by atoms with Crippen molar-refractivity contribution in [1.29, 1.82) is 0 Å². The number of nitrogens with one attached hydrogen (secondary N) is 1. The van der Waals surface area contributed by atoms with Crippen LogP contribution in [0, 0.1) is 0 Å². The van der Waals surface area contributed by atoms with Crippen LogP contribution in [-0.4, -0.2) is 57.2 Å². The van der Waals surface area contributed by atoms with Crippen LogP contribution in [0.4, 0.5) is 0 Å². The summed E-state index contributed by atoms with van der Waals surface area (Å²) in [7, 11) is -1.57. The van der Waals surface area contributed by atoms with E-state index in [2.05, 4.69) is 26.1 Å². The highest BCUT2D eigenvalue weighted by Gasteiger charge is 2.37. The van der Waals surface area contributed by atoms with Gasteiger partial charge in [-0.2, -0.15) is 0 Å². The van der Waals surface area contributed by atoms with Crippen LogP contribution in [0.1, 0.15) is 49.5 Å². The van der Waals surface area contributed by atoms with Crippen LogP contribution in [0.2, 0.25) is 0 Å². The smallest absolute Gasteiger partial charge is 0.251 e. The third-order valence-corrected chi connectivity index (χ3v) is 6.42. The summed E-state index contributed by atoms with van der Waals surface area (Å²) in [6.07, 6.45) is 2.33. The van der Waals surface area contributed by atoms with Gasteiger partial charge in [0.1, 0.15) is 0 Å². The monoisotopic (exact) mass is 382 g/mol. The van der Waals surface area contributed by atoms with E-state index in [1.54, 1.807) is 7.11 Å². The van der Waals surface area contributed by atoms with Crippen LogP contribution in [0.15, 0.2) is 24.3 Å². The standard InChI is InChI=1S/C19H30N2O4S/c1-18(2,3)16-8-6-15(7-9-16)17(22)20-14-19(25-4)10-12-21(13-11-19)26(5,23)24/h6-9H,10-14H2,1-5H3,(H,20,22). The molecule has 6 nitrogen and oxygen atoms in total. The van der Waals surface area contributed by atoms with E-state index in [1.165, 1.54) is 16.1 Å². The Hall–Kier alpha value is -1.44. The maximum atomic E-state index is 12.5. The average molecular weight is 383 g/mol. The number of hydrogen-bond acceptors (Lipinski definition) is 4. The number of nitrogens with zero attached hydrogens (tertiary/aromatic N) is 1. The number of piperidine rings is 1. The molecule has 26 heavy (non-hydrogen) atoms. The molecule has 0 bridgehead atoms. The Morgan fingerprint density at radius 3 is 2.15 bits per heavy atom. The first kappa shape index (κ1) is 20.9. The van der Waals surface area contributed by atoms with E-state index in [0.717, 1.165) is 0 Å². The Kier molecular flexibility index (Phi) is 6.15. The molecule has 1 heterocycles. The van der Waals surface area contributed by atoms with Crippen molar-refractivity contribution in [2.45, 2.75) is 44.6 Å². The number of amides is 1. The highest BCUT2D eigenvalue weighted by Crippen LogP contribution is 2.27. The molecule has 0 aliphatic carbocycles. The van der Waals surface area contributed by atoms with Crippen LogP contribution in [0.5, 0.6) is 0 Å². The van der Waals surface area contributed by atoms with Gasteiger partial charge >= 0.3 is 0 Å². The van der Waals surface area contributed by atoms with E-state index in [9.17, 15) is 13.2 Å². The van der Waals surface area contributed by atoms with E-state index >= 15 is 0 Å². The fourth-order valence-corrected chi connectivity index (χ4v) is 3.99. The quantitative estimate of drug-likeness (QED) is 0.847. The molecular formula is C19H30N2O4S. The largest absolute Gasteiger partial charge is 0.376 e. The van der Waals surface area contributed by atoms with Gasteiger partial charge < -0.3 is 10.1 Å². The van der Waals surface area contributed by atoms with Crippen molar-refractivity contribution in [3.63, 3.8) is 0 Å². The van der Waals surface area contributed by atoms with E-state index < -0.39 is 15.6 Å².